The Bertz CT molecular complexity index is 1020. The first kappa shape index (κ1) is 21.2. The van der Waals surface area contributed by atoms with E-state index in [0.29, 0.717) is 17.8 Å². The van der Waals surface area contributed by atoms with E-state index < -0.39 is 0 Å². The Morgan fingerprint density at radius 1 is 0.900 bits per heavy atom. The van der Waals surface area contributed by atoms with Crippen LogP contribution in [0.15, 0.2) is 84.9 Å². The van der Waals surface area contributed by atoms with Gasteiger partial charge in [0, 0.05) is 23.5 Å². The molecule has 2 amide bonds. The summed E-state index contributed by atoms with van der Waals surface area (Å²) in [6.45, 7) is 2.48. The lowest BCUT2D eigenvalue weighted by Gasteiger charge is -2.21. The fourth-order valence-corrected chi connectivity index (χ4v) is 3.28. The minimum absolute atomic E-state index is 0.105. The topological polar surface area (TPSA) is 61.4 Å². The number of benzene rings is 3. The van der Waals surface area contributed by atoms with Crippen molar-refractivity contribution in [3.05, 3.63) is 96.1 Å². The minimum Gasteiger partial charge on any atom is -0.332 e. The number of nitrogens with one attached hydrogen (secondary N) is 2. The summed E-state index contributed by atoms with van der Waals surface area (Å²) in [5, 5.41) is 5.84. The van der Waals surface area contributed by atoms with E-state index in [1.807, 2.05) is 67.6 Å². The van der Waals surface area contributed by atoms with E-state index in [0.717, 1.165) is 11.3 Å². The molecule has 3 aromatic rings. The molecule has 2 N–H and O–H groups in total. The van der Waals surface area contributed by atoms with Gasteiger partial charge in [-0.3, -0.25) is 9.59 Å². The van der Waals surface area contributed by atoms with Gasteiger partial charge in [-0.15, -0.1) is 0 Å². The van der Waals surface area contributed by atoms with E-state index in [2.05, 4.69) is 10.6 Å². The Hall–Kier alpha value is -3.51. The largest absolute Gasteiger partial charge is 0.332 e. The van der Waals surface area contributed by atoms with Crippen LogP contribution in [0.3, 0.4) is 0 Å². The van der Waals surface area contributed by atoms with Gasteiger partial charge in [-0.2, -0.15) is 0 Å². The molecule has 0 aliphatic carbocycles. The molecule has 0 aliphatic heterocycles. The molecule has 0 aromatic heterocycles. The maximum absolute atomic E-state index is 13.0. The standard InChI is InChI=1S/C24H23N3O2S/c1-2-27(21-14-7-4-8-15-21)23(29)19-12-9-13-20(17-19)25-24(30)26-22(28)16-18-10-5-3-6-11-18/h3-15,17H,2,16H2,1H3,(H2,25,26,28,30). The van der Waals surface area contributed by atoms with E-state index in [1.54, 1.807) is 29.2 Å². The van der Waals surface area contributed by atoms with Gasteiger partial charge in [-0.25, -0.2) is 0 Å². The van der Waals surface area contributed by atoms with Crippen LogP contribution in [0.2, 0.25) is 0 Å². The predicted molar refractivity (Wildman–Crippen MR) is 125 cm³/mol. The molecule has 0 spiro atoms. The zero-order valence-electron chi connectivity index (χ0n) is 16.7. The normalized spacial score (nSPS) is 10.2. The van der Waals surface area contributed by atoms with Gasteiger partial charge < -0.3 is 15.5 Å². The molecule has 6 heteroatoms. The minimum atomic E-state index is -0.202. The lowest BCUT2D eigenvalue weighted by molar-refractivity contribution is -0.119. The number of rotatable bonds is 6. The molecule has 0 atom stereocenters. The van der Waals surface area contributed by atoms with Crippen LogP contribution in [0, 0.1) is 0 Å². The molecule has 0 bridgehead atoms. The van der Waals surface area contributed by atoms with Crippen LogP contribution in [0.5, 0.6) is 0 Å². The van der Waals surface area contributed by atoms with Crippen molar-refractivity contribution in [2.45, 2.75) is 13.3 Å². The Balaban J connectivity index is 1.64. The summed E-state index contributed by atoms with van der Waals surface area (Å²) in [6, 6.07) is 26.0. The molecule has 0 radical (unpaired) electrons. The van der Waals surface area contributed by atoms with Crippen molar-refractivity contribution in [3.8, 4) is 0 Å². The third kappa shape index (κ3) is 5.75. The van der Waals surface area contributed by atoms with E-state index in [-0.39, 0.29) is 23.3 Å². The van der Waals surface area contributed by atoms with E-state index in [4.69, 9.17) is 12.2 Å². The predicted octanol–water partition coefficient (Wildman–Crippen LogP) is 4.41. The maximum atomic E-state index is 13.0. The first-order valence-electron chi connectivity index (χ1n) is 9.68. The van der Waals surface area contributed by atoms with Gasteiger partial charge in [0.15, 0.2) is 5.11 Å². The summed E-state index contributed by atoms with van der Waals surface area (Å²) >= 11 is 5.25. The number of thiocarbonyl (C=S) groups is 1. The fraction of sp³-hybridized carbons (Fsp3) is 0.125. The van der Waals surface area contributed by atoms with Crippen molar-refractivity contribution in [1.82, 2.24) is 5.32 Å². The molecule has 0 saturated carbocycles. The zero-order chi connectivity index (χ0) is 21.3. The summed E-state index contributed by atoms with van der Waals surface area (Å²) in [4.78, 5) is 26.9. The SMILES string of the molecule is CCN(C(=O)c1cccc(NC(=S)NC(=O)Cc2ccccc2)c1)c1ccccc1. The van der Waals surface area contributed by atoms with Gasteiger partial charge in [0.1, 0.15) is 0 Å². The molecule has 0 saturated heterocycles. The summed E-state index contributed by atoms with van der Waals surface area (Å²) in [5.74, 6) is -0.307. The van der Waals surface area contributed by atoms with Gasteiger partial charge in [-0.1, -0.05) is 54.6 Å². The molecule has 152 valence electrons. The number of carbonyl (C=O) groups excluding carboxylic acids is 2. The number of para-hydroxylation sites is 1. The van der Waals surface area contributed by atoms with Crippen LogP contribution in [-0.2, 0) is 11.2 Å². The van der Waals surface area contributed by atoms with Crippen LogP contribution < -0.4 is 15.5 Å². The van der Waals surface area contributed by atoms with Crippen molar-refractivity contribution >= 4 is 40.5 Å². The monoisotopic (exact) mass is 417 g/mol. The van der Waals surface area contributed by atoms with Crippen molar-refractivity contribution in [3.63, 3.8) is 0 Å². The first-order valence-corrected chi connectivity index (χ1v) is 10.1. The van der Waals surface area contributed by atoms with Crippen LogP contribution in [0.25, 0.3) is 0 Å². The van der Waals surface area contributed by atoms with E-state index in [9.17, 15) is 9.59 Å². The summed E-state index contributed by atoms with van der Waals surface area (Å²) in [6.07, 6.45) is 0.240. The maximum Gasteiger partial charge on any atom is 0.258 e. The Kier molecular flexibility index (Phi) is 7.29. The third-order valence-corrected chi connectivity index (χ3v) is 4.66. The Morgan fingerprint density at radius 3 is 2.23 bits per heavy atom. The van der Waals surface area contributed by atoms with Gasteiger partial charge >= 0.3 is 0 Å². The quantitative estimate of drug-likeness (QED) is 0.583. The van der Waals surface area contributed by atoms with Crippen LogP contribution in [-0.4, -0.2) is 23.5 Å². The van der Waals surface area contributed by atoms with E-state index in [1.165, 1.54) is 0 Å². The second-order valence-electron chi connectivity index (χ2n) is 6.63. The number of amides is 2. The van der Waals surface area contributed by atoms with Crippen molar-refractivity contribution in [1.29, 1.82) is 0 Å². The molecule has 0 fully saturated rings. The molecule has 3 rings (SSSR count). The van der Waals surface area contributed by atoms with Crippen molar-refractivity contribution in [2.75, 3.05) is 16.8 Å². The Morgan fingerprint density at radius 2 is 1.57 bits per heavy atom. The zero-order valence-corrected chi connectivity index (χ0v) is 17.5. The number of hydrogen-bond acceptors (Lipinski definition) is 3. The average Bonchev–Trinajstić information content (AvgIpc) is 2.75. The van der Waals surface area contributed by atoms with Crippen LogP contribution in [0.1, 0.15) is 22.8 Å². The molecule has 3 aromatic carbocycles. The number of anilines is 2. The van der Waals surface area contributed by atoms with Gasteiger partial charge in [-0.05, 0) is 55.0 Å². The molecule has 5 nitrogen and oxygen atoms in total. The van der Waals surface area contributed by atoms with Crippen LogP contribution in [0.4, 0.5) is 11.4 Å². The first-order chi connectivity index (χ1) is 14.6. The highest BCUT2D eigenvalue weighted by molar-refractivity contribution is 7.80. The third-order valence-electron chi connectivity index (χ3n) is 4.46. The van der Waals surface area contributed by atoms with Crippen LogP contribution >= 0.6 is 12.2 Å². The molecular formula is C24H23N3O2S. The summed E-state index contributed by atoms with van der Waals surface area (Å²) in [7, 11) is 0. The lowest BCUT2D eigenvalue weighted by atomic mass is 10.1. The molecule has 0 heterocycles. The summed E-state index contributed by atoms with van der Waals surface area (Å²) in [5.41, 5.74) is 2.91. The Labute approximate surface area is 181 Å². The fourth-order valence-electron chi connectivity index (χ4n) is 3.05. The molecule has 0 unspecified atom stereocenters. The van der Waals surface area contributed by atoms with Gasteiger partial charge in [0.2, 0.25) is 5.91 Å². The highest BCUT2D eigenvalue weighted by atomic mass is 32.1. The summed E-state index contributed by atoms with van der Waals surface area (Å²) < 4.78 is 0. The smallest absolute Gasteiger partial charge is 0.258 e. The van der Waals surface area contributed by atoms with Crippen molar-refractivity contribution in [2.24, 2.45) is 0 Å². The second kappa shape index (κ2) is 10.3. The van der Waals surface area contributed by atoms with Crippen molar-refractivity contribution < 1.29 is 9.59 Å². The number of nitrogens with zero attached hydrogens (tertiary/aromatic N) is 1. The van der Waals surface area contributed by atoms with Gasteiger partial charge in [0.05, 0.1) is 6.42 Å². The van der Waals surface area contributed by atoms with Gasteiger partial charge in [0.25, 0.3) is 5.91 Å². The number of carbonyl (C=O) groups is 2. The molecule has 30 heavy (non-hydrogen) atoms. The highest BCUT2D eigenvalue weighted by Crippen LogP contribution is 2.18. The lowest BCUT2D eigenvalue weighted by Crippen LogP contribution is -2.35. The molecule has 0 aliphatic rings. The van der Waals surface area contributed by atoms with E-state index >= 15 is 0 Å². The number of hydrogen-bond donors (Lipinski definition) is 2. The average molecular weight is 418 g/mol. The second-order valence-corrected chi connectivity index (χ2v) is 7.04. The highest BCUT2D eigenvalue weighted by Gasteiger charge is 2.16. The molecular weight excluding hydrogens is 394 g/mol.